The van der Waals surface area contributed by atoms with Crippen molar-refractivity contribution in [1.29, 1.82) is 0 Å². The Kier molecular flexibility index (Phi) is 5.57. The van der Waals surface area contributed by atoms with Crippen LogP contribution < -0.4 is 0 Å². The molecule has 18 heavy (non-hydrogen) atoms. The van der Waals surface area contributed by atoms with Crippen molar-refractivity contribution in [2.75, 3.05) is 25.7 Å². The van der Waals surface area contributed by atoms with Gasteiger partial charge in [-0.1, -0.05) is 12.8 Å². The molecule has 0 N–H and O–H groups in total. The van der Waals surface area contributed by atoms with Crippen molar-refractivity contribution in [3.63, 3.8) is 0 Å². The van der Waals surface area contributed by atoms with E-state index in [1.165, 1.54) is 10.6 Å². The van der Waals surface area contributed by atoms with Crippen LogP contribution in [-0.4, -0.2) is 52.8 Å². The fourth-order valence-electron chi connectivity index (χ4n) is 2.24. The summed E-state index contributed by atoms with van der Waals surface area (Å²) in [4.78, 5) is 0. The summed E-state index contributed by atoms with van der Waals surface area (Å²) in [6.45, 7) is 0.344. The van der Waals surface area contributed by atoms with E-state index in [-0.39, 0.29) is 12.6 Å². The van der Waals surface area contributed by atoms with Gasteiger partial charge in [0.25, 0.3) is 10.1 Å². The predicted molar refractivity (Wildman–Crippen MR) is 69.2 cm³/mol. The van der Waals surface area contributed by atoms with Gasteiger partial charge in [0.2, 0.25) is 10.0 Å². The van der Waals surface area contributed by atoms with E-state index in [2.05, 4.69) is 4.18 Å². The molecular weight excluding hydrogens is 278 g/mol. The second-order valence-corrected chi connectivity index (χ2v) is 8.27. The molecule has 0 unspecified atom stereocenters. The van der Waals surface area contributed by atoms with Gasteiger partial charge in [-0.15, -0.1) is 0 Å². The van der Waals surface area contributed by atoms with Crippen molar-refractivity contribution in [2.45, 2.75) is 38.1 Å². The SMILES string of the molecule is CS(=O)(=O)OCCCN(C1CCCC1)S(C)(=O)=O. The summed E-state index contributed by atoms with van der Waals surface area (Å²) in [5, 5.41) is 0. The molecule has 0 amide bonds. The van der Waals surface area contributed by atoms with Crippen molar-refractivity contribution >= 4 is 20.1 Å². The van der Waals surface area contributed by atoms with Crippen LogP contribution in [-0.2, 0) is 24.3 Å². The first-order chi connectivity index (χ1) is 8.20. The molecule has 0 radical (unpaired) electrons. The topological polar surface area (TPSA) is 80.8 Å². The number of hydrogen-bond donors (Lipinski definition) is 0. The molecule has 6 nitrogen and oxygen atoms in total. The maximum atomic E-state index is 11.7. The molecule has 1 aliphatic rings. The molecule has 1 saturated carbocycles. The molecule has 0 spiro atoms. The van der Waals surface area contributed by atoms with E-state index in [4.69, 9.17) is 0 Å². The second kappa shape index (κ2) is 6.31. The highest BCUT2D eigenvalue weighted by molar-refractivity contribution is 7.88. The van der Waals surface area contributed by atoms with E-state index in [0.29, 0.717) is 13.0 Å². The standard InChI is InChI=1S/C10H21NO5S2/c1-17(12,13)11(10-6-3-4-7-10)8-5-9-16-18(2,14)15/h10H,3-9H2,1-2H3. The van der Waals surface area contributed by atoms with Crippen LogP contribution in [0.5, 0.6) is 0 Å². The minimum absolute atomic E-state index is 0.0254. The average molecular weight is 299 g/mol. The minimum Gasteiger partial charge on any atom is -0.270 e. The van der Waals surface area contributed by atoms with Gasteiger partial charge in [-0.25, -0.2) is 8.42 Å². The monoisotopic (exact) mass is 299 g/mol. The molecule has 0 heterocycles. The van der Waals surface area contributed by atoms with Crippen molar-refractivity contribution in [3.05, 3.63) is 0 Å². The van der Waals surface area contributed by atoms with Crippen molar-refractivity contribution in [2.24, 2.45) is 0 Å². The Balaban J connectivity index is 2.48. The molecule has 0 saturated heterocycles. The predicted octanol–water partition coefficient (Wildman–Crippen LogP) is 0.557. The van der Waals surface area contributed by atoms with Gasteiger partial charge >= 0.3 is 0 Å². The molecule has 1 aliphatic carbocycles. The fourth-order valence-corrected chi connectivity index (χ4v) is 3.88. The van der Waals surface area contributed by atoms with Gasteiger partial charge in [0.15, 0.2) is 0 Å². The van der Waals surface area contributed by atoms with Gasteiger partial charge in [0.1, 0.15) is 0 Å². The normalized spacial score (nSPS) is 18.6. The van der Waals surface area contributed by atoms with E-state index in [9.17, 15) is 16.8 Å². The molecule has 0 bridgehead atoms. The Morgan fingerprint density at radius 3 is 2.11 bits per heavy atom. The van der Waals surface area contributed by atoms with Crippen LogP contribution in [0.4, 0.5) is 0 Å². The van der Waals surface area contributed by atoms with E-state index >= 15 is 0 Å². The maximum Gasteiger partial charge on any atom is 0.264 e. The Bertz CT molecular complexity index is 451. The van der Waals surface area contributed by atoms with Gasteiger partial charge in [-0.2, -0.15) is 12.7 Å². The Morgan fingerprint density at radius 2 is 1.67 bits per heavy atom. The Hall–Kier alpha value is -0.180. The molecule has 8 heteroatoms. The van der Waals surface area contributed by atoms with Crippen LogP contribution in [0.25, 0.3) is 0 Å². The van der Waals surface area contributed by atoms with Crippen LogP contribution in [0.3, 0.4) is 0 Å². The van der Waals surface area contributed by atoms with Crippen molar-refractivity contribution < 1.29 is 21.0 Å². The maximum absolute atomic E-state index is 11.7. The quantitative estimate of drug-likeness (QED) is 0.507. The molecule has 0 aromatic rings. The van der Waals surface area contributed by atoms with Crippen LogP contribution in [0.2, 0.25) is 0 Å². The largest absolute Gasteiger partial charge is 0.270 e. The highest BCUT2D eigenvalue weighted by atomic mass is 32.2. The zero-order valence-corrected chi connectivity index (χ0v) is 12.5. The molecular formula is C10H21NO5S2. The molecule has 1 rings (SSSR count). The highest BCUT2D eigenvalue weighted by Crippen LogP contribution is 2.25. The van der Waals surface area contributed by atoms with E-state index in [1.54, 1.807) is 0 Å². The first-order valence-electron chi connectivity index (χ1n) is 6.01. The lowest BCUT2D eigenvalue weighted by molar-refractivity contribution is 0.270. The molecule has 1 fully saturated rings. The first kappa shape index (κ1) is 15.9. The van der Waals surface area contributed by atoms with Crippen molar-refractivity contribution in [3.8, 4) is 0 Å². The van der Waals surface area contributed by atoms with E-state index < -0.39 is 20.1 Å². The summed E-state index contributed by atoms with van der Waals surface area (Å²) in [6.07, 6.45) is 6.45. The summed E-state index contributed by atoms with van der Waals surface area (Å²) in [6, 6.07) is 0.0678. The lowest BCUT2D eigenvalue weighted by Gasteiger charge is -2.26. The van der Waals surface area contributed by atoms with Gasteiger partial charge < -0.3 is 0 Å². The van der Waals surface area contributed by atoms with E-state index in [1.807, 2.05) is 0 Å². The zero-order chi connectivity index (χ0) is 13.8. The summed E-state index contributed by atoms with van der Waals surface area (Å²) < 4.78 is 51.0. The minimum atomic E-state index is -3.44. The van der Waals surface area contributed by atoms with E-state index in [0.717, 1.165) is 31.9 Å². The summed E-state index contributed by atoms with van der Waals surface area (Å²) in [5.74, 6) is 0. The van der Waals surface area contributed by atoms with Gasteiger partial charge in [-0.3, -0.25) is 4.18 Å². The second-order valence-electron chi connectivity index (χ2n) is 4.69. The molecule has 0 atom stereocenters. The number of nitrogens with zero attached hydrogens (tertiary/aromatic N) is 1. The molecule has 0 aromatic carbocycles. The van der Waals surface area contributed by atoms with Crippen molar-refractivity contribution in [1.82, 2.24) is 4.31 Å². The third kappa shape index (κ3) is 5.64. The third-order valence-corrected chi connectivity index (χ3v) is 4.91. The Morgan fingerprint density at radius 1 is 1.11 bits per heavy atom. The summed E-state index contributed by atoms with van der Waals surface area (Å²) in [7, 11) is -6.68. The number of hydrogen-bond acceptors (Lipinski definition) is 5. The average Bonchev–Trinajstić information content (AvgIpc) is 2.66. The number of sulfonamides is 1. The highest BCUT2D eigenvalue weighted by Gasteiger charge is 2.28. The smallest absolute Gasteiger partial charge is 0.264 e. The van der Waals surface area contributed by atoms with Crippen LogP contribution in [0.15, 0.2) is 0 Å². The summed E-state index contributed by atoms with van der Waals surface area (Å²) in [5.41, 5.74) is 0. The zero-order valence-electron chi connectivity index (χ0n) is 10.8. The first-order valence-corrected chi connectivity index (χ1v) is 9.68. The van der Waals surface area contributed by atoms with Gasteiger partial charge in [0, 0.05) is 12.6 Å². The van der Waals surface area contributed by atoms with Gasteiger partial charge in [0.05, 0.1) is 19.1 Å². The molecule has 0 aliphatic heterocycles. The van der Waals surface area contributed by atoms with Crippen LogP contribution >= 0.6 is 0 Å². The Labute approximate surface area is 109 Å². The fraction of sp³-hybridized carbons (Fsp3) is 1.00. The van der Waals surface area contributed by atoms with Crippen LogP contribution in [0, 0.1) is 0 Å². The molecule has 0 aromatic heterocycles. The third-order valence-electron chi connectivity index (χ3n) is 2.98. The lowest BCUT2D eigenvalue weighted by atomic mass is 10.2. The lowest BCUT2D eigenvalue weighted by Crippen LogP contribution is -2.39. The van der Waals surface area contributed by atoms with Crippen LogP contribution in [0.1, 0.15) is 32.1 Å². The molecule has 108 valence electrons. The summed E-state index contributed by atoms with van der Waals surface area (Å²) >= 11 is 0. The number of rotatable bonds is 7. The van der Waals surface area contributed by atoms with Gasteiger partial charge in [-0.05, 0) is 19.3 Å².